The van der Waals surface area contributed by atoms with E-state index < -0.39 is 11.7 Å². The maximum Gasteiger partial charge on any atom is 0.404 e. The third kappa shape index (κ3) is 5.81. The largest absolute Gasteiger partial charge is 0.446 e. The number of nitrogens with two attached hydrogens (primary N) is 1. The minimum Gasteiger partial charge on any atom is -0.446 e. The molecule has 0 bridgehead atoms. The molecule has 0 aromatic heterocycles. The Hall–Kier alpha value is -0.860. The summed E-state index contributed by atoms with van der Waals surface area (Å²) < 4.78 is 18.5. The maximum absolute atomic E-state index is 11.6. The Morgan fingerprint density at radius 3 is 2.67 bits per heavy atom. The van der Waals surface area contributed by atoms with Crippen LogP contribution in [0.25, 0.3) is 0 Å². The zero-order valence-corrected chi connectivity index (χ0v) is 18.6. The predicted molar refractivity (Wildman–Crippen MR) is 114 cm³/mol. The van der Waals surface area contributed by atoms with Gasteiger partial charge < -0.3 is 19.9 Å². The lowest BCUT2D eigenvalue weighted by molar-refractivity contribution is -0.191. The van der Waals surface area contributed by atoms with Gasteiger partial charge in [-0.3, -0.25) is 0 Å². The molecule has 3 atom stereocenters. The maximum atomic E-state index is 11.6. The van der Waals surface area contributed by atoms with Gasteiger partial charge in [-0.1, -0.05) is 50.8 Å². The lowest BCUT2D eigenvalue weighted by Gasteiger charge is -2.46. The van der Waals surface area contributed by atoms with Gasteiger partial charge in [0, 0.05) is 16.6 Å². The summed E-state index contributed by atoms with van der Waals surface area (Å²) in [5, 5.41) is 0. The zero-order chi connectivity index (χ0) is 19.7. The zero-order valence-electron chi connectivity index (χ0n) is 16.4. The van der Waals surface area contributed by atoms with Crippen LogP contribution in [0.5, 0.6) is 0 Å². The summed E-state index contributed by atoms with van der Waals surface area (Å²) in [6.07, 6.45) is 7.15. The quantitative estimate of drug-likeness (QED) is 0.274. The number of carbonyl (C=O) groups is 1. The number of ether oxygens (including phenoxy) is 3. The van der Waals surface area contributed by atoms with Gasteiger partial charge in [-0.2, -0.15) is 0 Å². The molecule has 152 valence electrons. The normalized spacial score (nSPS) is 22.2. The summed E-state index contributed by atoms with van der Waals surface area (Å²) in [6, 6.07) is 8.33. The van der Waals surface area contributed by atoms with Gasteiger partial charge in [0.2, 0.25) is 0 Å². The van der Waals surface area contributed by atoms with Gasteiger partial charge in [0.1, 0.15) is 18.5 Å². The summed E-state index contributed by atoms with van der Waals surface area (Å²) >= 11 is 2.37. The summed E-state index contributed by atoms with van der Waals surface area (Å²) in [5.74, 6) is 0.0571. The van der Waals surface area contributed by atoms with Gasteiger partial charge in [0.25, 0.3) is 0 Å². The van der Waals surface area contributed by atoms with E-state index in [2.05, 4.69) is 47.7 Å². The minimum atomic E-state index is -0.705. The van der Waals surface area contributed by atoms with Gasteiger partial charge in [-0.15, -0.1) is 0 Å². The van der Waals surface area contributed by atoms with E-state index in [1.807, 2.05) is 6.07 Å². The van der Waals surface area contributed by atoms with E-state index in [1.165, 1.54) is 0 Å². The van der Waals surface area contributed by atoms with Crippen molar-refractivity contribution < 1.29 is 19.0 Å². The number of hydrogen-bond acceptors (Lipinski definition) is 4. The van der Waals surface area contributed by atoms with Crippen LogP contribution in [0.4, 0.5) is 4.79 Å². The van der Waals surface area contributed by atoms with Crippen LogP contribution in [-0.2, 0) is 19.8 Å². The highest BCUT2D eigenvalue weighted by Crippen LogP contribution is 2.48. The Morgan fingerprint density at radius 2 is 2.00 bits per heavy atom. The molecule has 1 aromatic rings. The van der Waals surface area contributed by atoms with Crippen molar-refractivity contribution in [2.75, 3.05) is 13.9 Å². The van der Waals surface area contributed by atoms with Crippen LogP contribution in [0, 0.1) is 9.49 Å². The van der Waals surface area contributed by atoms with Crippen molar-refractivity contribution in [3.63, 3.8) is 0 Å². The number of carbonyl (C=O) groups excluding carboxylic acids is 1. The molecule has 1 amide bonds. The number of unbranched alkanes of at least 4 members (excludes halogenated alkanes) is 2. The van der Waals surface area contributed by atoms with Gasteiger partial charge in [-0.05, 0) is 59.9 Å². The number of methoxy groups -OCH3 is 1. The van der Waals surface area contributed by atoms with Crippen molar-refractivity contribution >= 4 is 28.7 Å². The van der Waals surface area contributed by atoms with Crippen molar-refractivity contribution in [2.24, 2.45) is 11.7 Å². The predicted octanol–water partition coefficient (Wildman–Crippen LogP) is 5.34. The summed E-state index contributed by atoms with van der Waals surface area (Å²) in [5.41, 5.74) is 6.00. The number of primary amides is 1. The number of halogens is 1. The van der Waals surface area contributed by atoms with Crippen LogP contribution in [0.2, 0.25) is 0 Å². The second-order valence-electron chi connectivity index (χ2n) is 7.24. The monoisotopic (exact) mass is 489 g/mol. The molecule has 2 N–H and O–H groups in total. The van der Waals surface area contributed by atoms with E-state index in [4.69, 9.17) is 19.9 Å². The average molecular weight is 489 g/mol. The number of rotatable bonds is 10. The van der Waals surface area contributed by atoms with E-state index in [1.54, 1.807) is 7.11 Å². The van der Waals surface area contributed by atoms with Gasteiger partial charge in [-0.25, -0.2) is 4.79 Å². The van der Waals surface area contributed by atoms with Gasteiger partial charge >= 0.3 is 6.09 Å². The fraction of sp³-hybridized carbons (Fsp3) is 0.667. The van der Waals surface area contributed by atoms with Crippen molar-refractivity contribution in [3.05, 3.63) is 33.4 Å². The molecular weight excluding hydrogens is 457 g/mol. The molecule has 1 aromatic carbocycles. The first-order valence-corrected chi connectivity index (χ1v) is 11.0. The fourth-order valence-electron chi connectivity index (χ4n) is 4.30. The van der Waals surface area contributed by atoms with Gasteiger partial charge in [0.15, 0.2) is 0 Å². The Kier molecular flexibility index (Phi) is 9.32. The Morgan fingerprint density at radius 1 is 1.26 bits per heavy atom. The van der Waals surface area contributed by atoms with E-state index in [-0.39, 0.29) is 18.8 Å². The van der Waals surface area contributed by atoms with Crippen LogP contribution in [0.3, 0.4) is 0 Å². The third-order valence-electron chi connectivity index (χ3n) is 5.48. The molecule has 2 rings (SSSR count). The lowest BCUT2D eigenvalue weighted by Crippen LogP contribution is -2.48. The van der Waals surface area contributed by atoms with Crippen molar-refractivity contribution in [3.8, 4) is 0 Å². The van der Waals surface area contributed by atoms with Gasteiger partial charge in [0.05, 0.1) is 0 Å². The number of amides is 1. The Bertz CT molecular complexity index is 597. The fourth-order valence-corrected chi connectivity index (χ4v) is 5.15. The molecule has 0 saturated heterocycles. The smallest absolute Gasteiger partial charge is 0.404 e. The highest BCUT2D eigenvalue weighted by Gasteiger charge is 2.48. The first kappa shape index (κ1) is 22.4. The highest BCUT2D eigenvalue weighted by molar-refractivity contribution is 14.1. The molecule has 6 heteroatoms. The van der Waals surface area contributed by atoms with Crippen LogP contribution in [-0.4, -0.2) is 26.1 Å². The van der Waals surface area contributed by atoms with Crippen molar-refractivity contribution in [1.29, 1.82) is 0 Å². The number of benzene rings is 1. The first-order valence-electron chi connectivity index (χ1n) is 9.89. The molecule has 1 fully saturated rings. The standard InChI is InChI=1S/C21H32INO4/c1-3-4-9-14-21(26-15-25-2,16-10-5-7-12-18(16)22)17-11-6-8-13-19(17)27-20(23)24/h5,7,10,12,17,19H,3-4,6,8-9,11,13-15H2,1-2H3,(H2,23,24)/t17-,19?,21+/m0/s1. The summed E-state index contributed by atoms with van der Waals surface area (Å²) in [4.78, 5) is 11.6. The SMILES string of the molecule is CCCCC[C@@](OCOC)(c1ccccc1I)[C@H]1CCCCC1OC(N)=O. The molecule has 27 heavy (non-hydrogen) atoms. The van der Waals surface area contributed by atoms with E-state index in [0.717, 1.165) is 60.5 Å². The second kappa shape index (κ2) is 11.2. The Balaban J connectivity index is 2.49. The van der Waals surface area contributed by atoms with E-state index in [0.29, 0.717) is 0 Å². The molecule has 0 heterocycles. The van der Waals surface area contributed by atoms with Crippen LogP contribution < -0.4 is 5.73 Å². The second-order valence-corrected chi connectivity index (χ2v) is 8.41. The minimum absolute atomic E-state index is 0.0571. The molecule has 0 aliphatic heterocycles. The Labute approximate surface area is 176 Å². The van der Waals surface area contributed by atoms with E-state index >= 15 is 0 Å². The molecule has 1 aliphatic carbocycles. The van der Waals surface area contributed by atoms with Crippen LogP contribution >= 0.6 is 22.6 Å². The van der Waals surface area contributed by atoms with Crippen LogP contribution in [0.15, 0.2) is 24.3 Å². The first-order chi connectivity index (χ1) is 13.0. The molecule has 5 nitrogen and oxygen atoms in total. The summed E-state index contributed by atoms with van der Waals surface area (Å²) in [7, 11) is 1.64. The lowest BCUT2D eigenvalue weighted by atomic mass is 9.69. The molecule has 1 saturated carbocycles. The third-order valence-corrected chi connectivity index (χ3v) is 6.43. The molecule has 1 aliphatic rings. The highest BCUT2D eigenvalue weighted by atomic mass is 127. The molecule has 0 radical (unpaired) electrons. The van der Waals surface area contributed by atoms with Crippen molar-refractivity contribution in [2.45, 2.75) is 70.0 Å². The number of hydrogen-bond donors (Lipinski definition) is 1. The summed E-state index contributed by atoms with van der Waals surface area (Å²) in [6.45, 7) is 2.40. The topological polar surface area (TPSA) is 70.8 Å². The van der Waals surface area contributed by atoms with E-state index in [9.17, 15) is 4.79 Å². The molecule has 0 spiro atoms. The van der Waals surface area contributed by atoms with Crippen molar-refractivity contribution in [1.82, 2.24) is 0 Å². The molecule has 1 unspecified atom stereocenters. The molecular formula is C21H32INO4. The average Bonchev–Trinajstić information content (AvgIpc) is 2.65. The van der Waals surface area contributed by atoms with Crippen LogP contribution in [0.1, 0.15) is 63.9 Å².